The lowest BCUT2D eigenvalue weighted by Crippen LogP contribution is -2.26. The molecule has 2 N–H and O–H groups in total. The van der Waals surface area contributed by atoms with Crippen molar-refractivity contribution in [3.05, 3.63) is 18.0 Å². The molecule has 1 aromatic heterocycles. The van der Waals surface area contributed by atoms with Crippen LogP contribution in [0.1, 0.15) is 16.9 Å². The molecule has 0 aliphatic rings. The number of rotatable bonds is 6. The topological polar surface area (TPSA) is 113 Å². The Balaban J connectivity index is 2.53. The van der Waals surface area contributed by atoms with E-state index in [-0.39, 0.29) is 29.3 Å². The predicted octanol–water partition coefficient (Wildman–Crippen LogP) is 0.107. The Morgan fingerprint density at radius 2 is 2.00 bits per heavy atom. The zero-order valence-electron chi connectivity index (χ0n) is 10.0. The Labute approximate surface area is 115 Å². The molecule has 7 nitrogen and oxygen atoms in total. The second kappa shape index (κ2) is 5.93. The summed E-state index contributed by atoms with van der Waals surface area (Å²) in [5.41, 5.74) is 0.0404. The summed E-state index contributed by atoms with van der Waals surface area (Å²) in [4.78, 5) is 13.9. The van der Waals surface area contributed by atoms with Gasteiger partial charge in [0.15, 0.2) is 0 Å². The quantitative estimate of drug-likeness (QED) is 0.568. The van der Waals surface area contributed by atoms with Crippen molar-refractivity contribution in [2.75, 3.05) is 18.6 Å². The molecule has 19 heavy (non-hydrogen) atoms. The number of hydrogen-bond donors (Lipinski definition) is 2. The summed E-state index contributed by atoms with van der Waals surface area (Å²) in [7, 11) is -1.83. The standard InChI is InChI=1S/C9H13ClN2O5S2/c1-18(14,15)4-2-3-11-9(13)8-5-7(6-12-8)19(10,16)17/h5-6,12H,2-4H2,1H3,(H,11,13). The summed E-state index contributed by atoms with van der Waals surface area (Å²) in [6.07, 6.45) is 2.50. The van der Waals surface area contributed by atoms with E-state index in [2.05, 4.69) is 10.3 Å². The summed E-state index contributed by atoms with van der Waals surface area (Å²) < 4.78 is 43.7. The Bertz CT molecular complexity index is 663. The smallest absolute Gasteiger partial charge is 0.267 e. The molecule has 0 aromatic carbocycles. The summed E-state index contributed by atoms with van der Waals surface area (Å²) in [5, 5.41) is 2.46. The minimum Gasteiger partial charge on any atom is -0.356 e. The fourth-order valence-electron chi connectivity index (χ4n) is 1.28. The Hall–Kier alpha value is -1.06. The van der Waals surface area contributed by atoms with Crippen LogP contribution in [-0.4, -0.2) is 46.3 Å². The van der Waals surface area contributed by atoms with Crippen LogP contribution in [0.3, 0.4) is 0 Å². The highest BCUT2D eigenvalue weighted by Crippen LogP contribution is 2.15. The van der Waals surface area contributed by atoms with E-state index >= 15 is 0 Å². The highest BCUT2D eigenvalue weighted by molar-refractivity contribution is 8.13. The van der Waals surface area contributed by atoms with Crippen molar-refractivity contribution in [3.8, 4) is 0 Å². The average molecular weight is 329 g/mol. The van der Waals surface area contributed by atoms with Crippen molar-refractivity contribution < 1.29 is 21.6 Å². The molecule has 0 saturated carbocycles. The van der Waals surface area contributed by atoms with Crippen LogP contribution in [0, 0.1) is 0 Å². The molecule has 1 amide bonds. The largest absolute Gasteiger partial charge is 0.356 e. The van der Waals surface area contributed by atoms with Crippen LogP contribution in [0.25, 0.3) is 0 Å². The zero-order chi connectivity index (χ0) is 14.7. The van der Waals surface area contributed by atoms with Gasteiger partial charge in [-0.3, -0.25) is 4.79 Å². The van der Waals surface area contributed by atoms with Gasteiger partial charge < -0.3 is 10.3 Å². The molecule has 1 rings (SSSR count). The van der Waals surface area contributed by atoms with Gasteiger partial charge in [-0.15, -0.1) is 0 Å². The molecule has 0 spiro atoms. The maximum absolute atomic E-state index is 11.6. The highest BCUT2D eigenvalue weighted by atomic mass is 35.7. The van der Waals surface area contributed by atoms with Crippen molar-refractivity contribution >= 4 is 35.5 Å². The molecule has 0 bridgehead atoms. The summed E-state index contributed by atoms with van der Waals surface area (Å²) in [6, 6.07) is 1.11. The van der Waals surface area contributed by atoms with Gasteiger partial charge in [-0.05, 0) is 12.5 Å². The lowest BCUT2D eigenvalue weighted by atomic mass is 10.4. The summed E-state index contributed by atoms with van der Waals surface area (Å²) >= 11 is 0. The van der Waals surface area contributed by atoms with Crippen LogP contribution < -0.4 is 5.32 Å². The SMILES string of the molecule is CS(=O)(=O)CCCNC(=O)c1cc(S(=O)(=O)Cl)c[nH]1. The van der Waals surface area contributed by atoms with Crippen LogP contribution in [0.15, 0.2) is 17.2 Å². The number of carbonyl (C=O) groups is 1. The molecular weight excluding hydrogens is 316 g/mol. The minimum absolute atomic E-state index is 0.0285. The van der Waals surface area contributed by atoms with Gasteiger partial charge >= 0.3 is 0 Å². The number of aromatic amines is 1. The van der Waals surface area contributed by atoms with Gasteiger partial charge in [0.2, 0.25) is 0 Å². The third-order valence-corrected chi connectivity index (χ3v) is 4.52. The molecular formula is C9H13ClN2O5S2. The van der Waals surface area contributed by atoms with Crippen molar-refractivity contribution in [2.45, 2.75) is 11.3 Å². The van der Waals surface area contributed by atoms with E-state index in [0.717, 1.165) is 18.5 Å². The molecule has 0 unspecified atom stereocenters. The van der Waals surface area contributed by atoms with Gasteiger partial charge in [-0.1, -0.05) is 0 Å². The second-order valence-electron chi connectivity index (χ2n) is 3.93. The first-order valence-electron chi connectivity index (χ1n) is 5.18. The maximum Gasteiger partial charge on any atom is 0.267 e. The molecule has 0 aliphatic carbocycles. The first kappa shape index (κ1) is 16.0. The normalized spacial score (nSPS) is 12.3. The monoisotopic (exact) mass is 328 g/mol. The van der Waals surface area contributed by atoms with Crippen LogP contribution in [-0.2, 0) is 18.9 Å². The molecule has 0 aliphatic heterocycles. The van der Waals surface area contributed by atoms with Gasteiger partial charge in [0.25, 0.3) is 15.0 Å². The molecule has 0 saturated heterocycles. The third kappa shape index (κ3) is 5.62. The van der Waals surface area contributed by atoms with Crippen molar-refractivity contribution in [1.82, 2.24) is 10.3 Å². The highest BCUT2D eigenvalue weighted by Gasteiger charge is 2.15. The summed E-state index contributed by atoms with van der Waals surface area (Å²) in [6.45, 7) is 0.174. The number of nitrogens with one attached hydrogen (secondary N) is 2. The number of hydrogen-bond acceptors (Lipinski definition) is 5. The number of carbonyl (C=O) groups excluding carboxylic acids is 1. The summed E-state index contributed by atoms with van der Waals surface area (Å²) in [5.74, 6) is -0.556. The Kier molecular flexibility index (Phi) is 4.99. The van der Waals surface area contributed by atoms with E-state index < -0.39 is 24.8 Å². The van der Waals surface area contributed by atoms with Crippen LogP contribution in [0.5, 0.6) is 0 Å². The molecule has 0 fully saturated rings. The fraction of sp³-hybridized carbons (Fsp3) is 0.444. The van der Waals surface area contributed by atoms with Crippen LogP contribution >= 0.6 is 10.7 Å². The fourth-order valence-corrected chi connectivity index (χ4v) is 2.67. The minimum atomic E-state index is -3.88. The number of amides is 1. The predicted molar refractivity (Wildman–Crippen MR) is 70.5 cm³/mol. The van der Waals surface area contributed by atoms with E-state index in [1.54, 1.807) is 0 Å². The lowest BCUT2D eigenvalue weighted by molar-refractivity contribution is 0.0949. The molecule has 0 radical (unpaired) electrons. The number of aromatic nitrogens is 1. The lowest BCUT2D eigenvalue weighted by Gasteiger charge is -2.02. The molecule has 108 valence electrons. The molecule has 1 heterocycles. The number of sulfone groups is 1. The average Bonchev–Trinajstić information content (AvgIpc) is 2.71. The molecule has 0 atom stereocenters. The van der Waals surface area contributed by atoms with Crippen molar-refractivity contribution in [2.24, 2.45) is 0 Å². The third-order valence-electron chi connectivity index (χ3n) is 2.16. The zero-order valence-corrected chi connectivity index (χ0v) is 12.4. The van der Waals surface area contributed by atoms with Gasteiger partial charge in [-0.25, -0.2) is 16.8 Å². The Morgan fingerprint density at radius 1 is 1.37 bits per heavy atom. The molecule has 10 heteroatoms. The Morgan fingerprint density at radius 3 is 2.47 bits per heavy atom. The van der Waals surface area contributed by atoms with Gasteiger partial charge in [0, 0.05) is 29.7 Å². The molecule has 1 aromatic rings. The van der Waals surface area contributed by atoms with Crippen LogP contribution in [0.4, 0.5) is 0 Å². The first-order valence-corrected chi connectivity index (χ1v) is 9.55. The maximum atomic E-state index is 11.6. The number of H-pyrrole nitrogens is 1. The van der Waals surface area contributed by atoms with E-state index in [0.29, 0.717) is 0 Å². The van der Waals surface area contributed by atoms with Gasteiger partial charge in [0.05, 0.1) is 5.75 Å². The van der Waals surface area contributed by atoms with E-state index in [1.165, 1.54) is 0 Å². The first-order chi connectivity index (χ1) is 8.59. The van der Waals surface area contributed by atoms with Crippen molar-refractivity contribution in [1.29, 1.82) is 0 Å². The van der Waals surface area contributed by atoms with E-state index in [4.69, 9.17) is 10.7 Å². The van der Waals surface area contributed by atoms with Crippen LogP contribution in [0.2, 0.25) is 0 Å². The van der Waals surface area contributed by atoms with Crippen molar-refractivity contribution in [3.63, 3.8) is 0 Å². The van der Waals surface area contributed by atoms with Gasteiger partial charge in [0.1, 0.15) is 20.4 Å². The second-order valence-corrected chi connectivity index (χ2v) is 8.75. The number of halogens is 1. The van der Waals surface area contributed by atoms with E-state index in [1.807, 2.05) is 0 Å². The van der Waals surface area contributed by atoms with E-state index in [9.17, 15) is 21.6 Å². The van der Waals surface area contributed by atoms with Gasteiger partial charge in [-0.2, -0.15) is 0 Å².